The van der Waals surface area contributed by atoms with Gasteiger partial charge in [-0.1, -0.05) is 0 Å². The quantitative estimate of drug-likeness (QED) is 0.478. The summed E-state index contributed by atoms with van der Waals surface area (Å²) in [7, 11) is 0. The molecule has 0 amide bonds. The van der Waals surface area contributed by atoms with Gasteiger partial charge in [-0.3, -0.25) is 0 Å². The highest BCUT2D eigenvalue weighted by molar-refractivity contribution is 5.79. The molecule has 0 saturated heterocycles. The van der Waals surface area contributed by atoms with Crippen molar-refractivity contribution in [1.29, 1.82) is 0 Å². The zero-order chi connectivity index (χ0) is 11.2. The zero-order valence-corrected chi connectivity index (χ0v) is 8.45. The topological polar surface area (TPSA) is 73.4 Å². The Hall–Kier alpha value is -2.43. The van der Waals surface area contributed by atoms with Gasteiger partial charge in [-0.05, 0) is 35.9 Å². The van der Waals surface area contributed by atoms with Crippen molar-refractivity contribution in [3.8, 4) is 11.8 Å². The van der Waals surface area contributed by atoms with Crippen molar-refractivity contribution < 1.29 is 4.74 Å². The molecule has 80 valence electrons. The highest BCUT2D eigenvalue weighted by atomic mass is 16.5. The normalized spacial score (nSPS) is 10.5. The average molecular weight is 214 g/mol. The molecule has 1 aromatic carbocycles. The summed E-state index contributed by atoms with van der Waals surface area (Å²) >= 11 is 0. The van der Waals surface area contributed by atoms with E-state index in [0.29, 0.717) is 11.8 Å². The highest BCUT2D eigenvalue weighted by Gasteiger charge is 1.98. The molecule has 0 aliphatic heterocycles. The van der Waals surface area contributed by atoms with Crippen molar-refractivity contribution in [2.75, 3.05) is 0 Å². The maximum absolute atomic E-state index is 5.41. The van der Waals surface area contributed by atoms with Gasteiger partial charge in [-0.15, -0.1) is 0 Å². The van der Waals surface area contributed by atoms with Gasteiger partial charge >= 0.3 is 6.01 Å². The summed E-state index contributed by atoms with van der Waals surface area (Å²) < 4.78 is 5.41. The first-order chi connectivity index (χ1) is 7.88. The summed E-state index contributed by atoms with van der Waals surface area (Å²) in [5.74, 6) is 5.71. The molecule has 0 bridgehead atoms. The van der Waals surface area contributed by atoms with Crippen LogP contribution < -0.4 is 10.6 Å². The van der Waals surface area contributed by atoms with Crippen LogP contribution in [0.5, 0.6) is 11.8 Å². The molecule has 0 saturated carbocycles. The van der Waals surface area contributed by atoms with Crippen LogP contribution in [0.25, 0.3) is 0 Å². The van der Waals surface area contributed by atoms with Gasteiger partial charge in [0.25, 0.3) is 0 Å². The van der Waals surface area contributed by atoms with E-state index in [4.69, 9.17) is 10.6 Å². The number of aromatic nitrogens is 2. The summed E-state index contributed by atoms with van der Waals surface area (Å²) in [5.41, 5.74) is 0.906. The fourth-order valence-electron chi connectivity index (χ4n) is 1.15. The van der Waals surface area contributed by atoms with Gasteiger partial charge in [0.05, 0.1) is 6.21 Å². The van der Waals surface area contributed by atoms with E-state index in [0.717, 1.165) is 5.56 Å². The number of benzene rings is 1. The Morgan fingerprint density at radius 1 is 1.12 bits per heavy atom. The molecule has 2 aromatic rings. The first-order valence-corrected chi connectivity index (χ1v) is 4.66. The standard InChI is InChI=1S/C11H10N4O/c12-15-8-9-2-4-10(5-3-9)16-11-13-6-1-7-14-11/h1-8H,12H2. The second-order valence-electron chi connectivity index (χ2n) is 2.98. The van der Waals surface area contributed by atoms with Gasteiger partial charge < -0.3 is 10.6 Å². The summed E-state index contributed by atoms with van der Waals surface area (Å²) in [5, 5.41) is 3.43. The van der Waals surface area contributed by atoms with Crippen LogP contribution in [0.4, 0.5) is 0 Å². The number of rotatable bonds is 3. The first-order valence-electron chi connectivity index (χ1n) is 4.66. The van der Waals surface area contributed by atoms with Crippen LogP contribution in [-0.4, -0.2) is 16.2 Å². The third-order valence-corrected chi connectivity index (χ3v) is 1.85. The molecule has 0 unspecified atom stereocenters. The van der Waals surface area contributed by atoms with E-state index in [1.54, 1.807) is 36.8 Å². The Balaban J connectivity index is 2.11. The third-order valence-electron chi connectivity index (χ3n) is 1.85. The van der Waals surface area contributed by atoms with E-state index in [9.17, 15) is 0 Å². The van der Waals surface area contributed by atoms with Crippen LogP contribution in [0.1, 0.15) is 5.56 Å². The minimum atomic E-state index is 0.322. The van der Waals surface area contributed by atoms with Gasteiger partial charge in [0, 0.05) is 12.4 Å². The van der Waals surface area contributed by atoms with E-state index in [-0.39, 0.29) is 0 Å². The molecule has 0 atom stereocenters. The molecule has 0 spiro atoms. The third kappa shape index (κ3) is 2.54. The van der Waals surface area contributed by atoms with Crippen LogP contribution in [0, 0.1) is 0 Å². The molecule has 0 fully saturated rings. The number of nitrogens with two attached hydrogens (primary N) is 1. The van der Waals surface area contributed by atoms with Crippen molar-refractivity contribution in [2.24, 2.45) is 10.9 Å². The molecular formula is C11H10N4O. The lowest BCUT2D eigenvalue weighted by Crippen LogP contribution is -1.91. The molecule has 1 aromatic heterocycles. The molecule has 2 N–H and O–H groups in total. The second-order valence-corrected chi connectivity index (χ2v) is 2.98. The predicted octanol–water partition coefficient (Wildman–Crippen LogP) is 1.56. The van der Waals surface area contributed by atoms with Crippen molar-refractivity contribution in [1.82, 2.24) is 9.97 Å². The molecule has 5 nitrogen and oxygen atoms in total. The van der Waals surface area contributed by atoms with Crippen LogP contribution in [0.2, 0.25) is 0 Å². The monoisotopic (exact) mass is 214 g/mol. The average Bonchev–Trinajstić information content (AvgIpc) is 2.33. The van der Waals surface area contributed by atoms with E-state index >= 15 is 0 Å². The fraction of sp³-hybridized carbons (Fsp3) is 0. The van der Waals surface area contributed by atoms with Crippen LogP contribution in [0.15, 0.2) is 47.8 Å². The van der Waals surface area contributed by atoms with Crippen molar-refractivity contribution in [2.45, 2.75) is 0 Å². The van der Waals surface area contributed by atoms with Crippen LogP contribution in [-0.2, 0) is 0 Å². The van der Waals surface area contributed by atoms with Crippen LogP contribution >= 0.6 is 0 Å². The lowest BCUT2D eigenvalue weighted by Gasteiger charge is -2.02. The maximum atomic E-state index is 5.41. The molecule has 1 heterocycles. The summed E-state index contributed by atoms with van der Waals surface area (Å²) in [6, 6.07) is 9.33. The summed E-state index contributed by atoms with van der Waals surface area (Å²) in [6.45, 7) is 0. The lowest BCUT2D eigenvalue weighted by atomic mass is 10.2. The smallest absolute Gasteiger partial charge is 0.321 e. The summed E-state index contributed by atoms with van der Waals surface area (Å²) in [4.78, 5) is 7.91. The molecular weight excluding hydrogens is 204 g/mol. The number of ether oxygens (including phenoxy) is 1. The van der Waals surface area contributed by atoms with E-state index in [1.807, 2.05) is 12.1 Å². The minimum absolute atomic E-state index is 0.322. The molecule has 2 rings (SSSR count). The highest BCUT2D eigenvalue weighted by Crippen LogP contribution is 2.16. The van der Waals surface area contributed by atoms with E-state index < -0.39 is 0 Å². The van der Waals surface area contributed by atoms with E-state index in [2.05, 4.69) is 15.1 Å². The number of hydrazone groups is 1. The Morgan fingerprint density at radius 3 is 2.44 bits per heavy atom. The fourth-order valence-corrected chi connectivity index (χ4v) is 1.15. The molecule has 0 aliphatic rings. The number of hydrogen-bond acceptors (Lipinski definition) is 5. The lowest BCUT2D eigenvalue weighted by molar-refractivity contribution is 0.442. The SMILES string of the molecule is NN=Cc1ccc(Oc2ncccn2)cc1. The largest absolute Gasteiger partial charge is 0.424 e. The molecule has 0 aliphatic carbocycles. The Morgan fingerprint density at radius 2 is 1.81 bits per heavy atom. The van der Waals surface area contributed by atoms with Gasteiger partial charge in [-0.25, -0.2) is 9.97 Å². The van der Waals surface area contributed by atoms with Crippen molar-refractivity contribution >= 4 is 6.21 Å². The predicted molar refractivity (Wildman–Crippen MR) is 60.3 cm³/mol. The first kappa shape index (κ1) is 10.1. The van der Waals surface area contributed by atoms with Gasteiger partial charge in [0.2, 0.25) is 0 Å². The van der Waals surface area contributed by atoms with Gasteiger partial charge in [0.1, 0.15) is 5.75 Å². The number of nitrogens with zero attached hydrogens (tertiary/aromatic N) is 3. The van der Waals surface area contributed by atoms with Gasteiger partial charge in [0.15, 0.2) is 0 Å². The van der Waals surface area contributed by atoms with Crippen molar-refractivity contribution in [3.63, 3.8) is 0 Å². The molecule has 5 heteroatoms. The van der Waals surface area contributed by atoms with Crippen LogP contribution in [0.3, 0.4) is 0 Å². The zero-order valence-electron chi connectivity index (χ0n) is 8.45. The molecule has 0 radical (unpaired) electrons. The van der Waals surface area contributed by atoms with Crippen molar-refractivity contribution in [3.05, 3.63) is 48.3 Å². The number of hydrogen-bond donors (Lipinski definition) is 1. The Labute approximate surface area is 92.6 Å². The van der Waals surface area contributed by atoms with E-state index in [1.165, 1.54) is 0 Å². The van der Waals surface area contributed by atoms with Gasteiger partial charge in [-0.2, -0.15) is 5.10 Å². The molecule has 16 heavy (non-hydrogen) atoms. The maximum Gasteiger partial charge on any atom is 0.321 e. The Kier molecular flexibility index (Phi) is 3.08. The second kappa shape index (κ2) is 4.88. The summed E-state index contributed by atoms with van der Waals surface area (Å²) in [6.07, 6.45) is 4.80. The minimum Gasteiger partial charge on any atom is -0.424 e. The Bertz CT molecular complexity index is 467.